The van der Waals surface area contributed by atoms with Gasteiger partial charge in [0.15, 0.2) is 0 Å². The number of carbonyl (C=O) groups excluding carboxylic acids is 1. The SMILES string of the molecule is COc1ccc(S(=O)(=O)N[C@H](Cc2ccccc2)C(=O)N[C@H](C)c2ccc(SC)cc2)cc1Cl. The highest BCUT2D eigenvalue weighted by Gasteiger charge is 2.27. The molecule has 34 heavy (non-hydrogen) atoms. The number of hydrogen-bond donors (Lipinski definition) is 2. The molecule has 2 N–H and O–H groups in total. The quantitative estimate of drug-likeness (QED) is 0.375. The Kier molecular flexibility index (Phi) is 9.02. The van der Waals surface area contributed by atoms with Crippen molar-refractivity contribution < 1.29 is 17.9 Å². The molecular formula is C25H27ClN2O4S2. The fourth-order valence-electron chi connectivity index (χ4n) is 3.40. The molecule has 3 rings (SSSR count). The minimum absolute atomic E-state index is 0.0511. The van der Waals surface area contributed by atoms with E-state index in [0.717, 1.165) is 16.0 Å². The fraction of sp³-hybridized carbons (Fsp3) is 0.240. The van der Waals surface area contributed by atoms with E-state index in [1.165, 1.54) is 25.3 Å². The van der Waals surface area contributed by atoms with Gasteiger partial charge in [-0.25, -0.2) is 8.42 Å². The van der Waals surface area contributed by atoms with E-state index >= 15 is 0 Å². The molecule has 0 saturated carbocycles. The maximum atomic E-state index is 13.2. The normalized spacial score (nSPS) is 13.2. The lowest BCUT2D eigenvalue weighted by Gasteiger charge is -2.22. The van der Waals surface area contributed by atoms with Gasteiger partial charge in [0.1, 0.15) is 11.8 Å². The van der Waals surface area contributed by atoms with Crippen LogP contribution in [0.2, 0.25) is 5.02 Å². The average Bonchev–Trinajstić information content (AvgIpc) is 2.84. The zero-order chi connectivity index (χ0) is 24.7. The fourth-order valence-corrected chi connectivity index (χ4v) is 5.35. The maximum Gasteiger partial charge on any atom is 0.241 e. The van der Waals surface area contributed by atoms with Crippen LogP contribution in [0.5, 0.6) is 5.75 Å². The molecule has 0 bridgehead atoms. The van der Waals surface area contributed by atoms with Gasteiger partial charge in [0.2, 0.25) is 15.9 Å². The van der Waals surface area contributed by atoms with Gasteiger partial charge in [-0.3, -0.25) is 4.79 Å². The molecule has 0 heterocycles. The molecule has 2 atom stereocenters. The van der Waals surface area contributed by atoms with Crippen molar-refractivity contribution in [3.63, 3.8) is 0 Å². The molecule has 0 aliphatic rings. The van der Waals surface area contributed by atoms with Crippen molar-refractivity contribution in [2.45, 2.75) is 35.2 Å². The number of ether oxygens (including phenoxy) is 1. The molecule has 180 valence electrons. The Morgan fingerprint density at radius 1 is 1.06 bits per heavy atom. The van der Waals surface area contributed by atoms with Crippen LogP contribution in [-0.2, 0) is 21.2 Å². The number of hydrogen-bond acceptors (Lipinski definition) is 5. The van der Waals surface area contributed by atoms with E-state index in [1.54, 1.807) is 11.8 Å². The molecule has 3 aromatic rings. The lowest BCUT2D eigenvalue weighted by Crippen LogP contribution is -2.48. The monoisotopic (exact) mass is 518 g/mol. The first-order valence-corrected chi connectivity index (χ1v) is 13.7. The summed E-state index contributed by atoms with van der Waals surface area (Å²) in [6, 6.07) is 20.0. The average molecular weight is 519 g/mol. The maximum absolute atomic E-state index is 13.2. The molecule has 0 aliphatic carbocycles. The molecule has 0 aromatic heterocycles. The minimum atomic E-state index is -4.04. The van der Waals surface area contributed by atoms with E-state index < -0.39 is 22.0 Å². The van der Waals surface area contributed by atoms with Gasteiger partial charge < -0.3 is 10.1 Å². The zero-order valence-corrected chi connectivity index (χ0v) is 21.5. The summed E-state index contributed by atoms with van der Waals surface area (Å²) in [6.07, 6.45) is 2.18. The number of amides is 1. The molecule has 3 aromatic carbocycles. The van der Waals surface area contributed by atoms with E-state index in [2.05, 4.69) is 10.0 Å². The van der Waals surface area contributed by atoms with Crippen molar-refractivity contribution in [3.8, 4) is 5.75 Å². The molecule has 1 amide bonds. The van der Waals surface area contributed by atoms with Gasteiger partial charge in [-0.05, 0) is 61.1 Å². The minimum Gasteiger partial charge on any atom is -0.495 e. The number of carbonyl (C=O) groups is 1. The number of benzene rings is 3. The van der Waals surface area contributed by atoms with Gasteiger partial charge in [0.05, 0.1) is 23.1 Å². The van der Waals surface area contributed by atoms with Crippen LogP contribution in [0.25, 0.3) is 0 Å². The number of halogens is 1. The van der Waals surface area contributed by atoms with Crippen LogP contribution >= 0.6 is 23.4 Å². The van der Waals surface area contributed by atoms with Crippen molar-refractivity contribution in [1.82, 2.24) is 10.0 Å². The van der Waals surface area contributed by atoms with Crippen molar-refractivity contribution >= 4 is 39.3 Å². The van der Waals surface area contributed by atoms with Gasteiger partial charge >= 0.3 is 0 Å². The second-order valence-electron chi connectivity index (χ2n) is 7.66. The summed E-state index contributed by atoms with van der Waals surface area (Å²) in [4.78, 5) is 14.3. The van der Waals surface area contributed by atoms with Crippen LogP contribution in [0.4, 0.5) is 0 Å². The van der Waals surface area contributed by atoms with Gasteiger partial charge in [-0.2, -0.15) is 4.72 Å². The number of nitrogens with one attached hydrogen (secondary N) is 2. The molecule has 0 fully saturated rings. The summed E-state index contributed by atoms with van der Waals surface area (Å²) in [5, 5.41) is 3.10. The summed E-state index contributed by atoms with van der Waals surface area (Å²) in [7, 11) is -2.59. The van der Waals surface area contributed by atoms with E-state index in [0.29, 0.717) is 5.75 Å². The van der Waals surface area contributed by atoms with Crippen LogP contribution in [-0.4, -0.2) is 33.7 Å². The third kappa shape index (κ3) is 6.76. The lowest BCUT2D eigenvalue weighted by atomic mass is 10.0. The number of rotatable bonds is 10. The van der Waals surface area contributed by atoms with Crippen molar-refractivity contribution in [3.05, 3.63) is 88.9 Å². The van der Waals surface area contributed by atoms with E-state index in [9.17, 15) is 13.2 Å². The highest BCUT2D eigenvalue weighted by atomic mass is 35.5. The van der Waals surface area contributed by atoms with Crippen molar-refractivity contribution in [1.29, 1.82) is 0 Å². The highest BCUT2D eigenvalue weighted by molar-refractivity contribution is 7.98. The Morgan fingerprint density at radius 2 is 1.74 bits per heavy atom. The second-order valence-corrected chi connectivity index (χ2v) is 10.7. The standard InChI is InChI=1S/C25H27ClN2O4S2/c1-17(19-9-11-20(33-3)12-10-19)27-25(29)23(15-18-7-5-4-6-8-18)28-34(30,31)21-13-14-24(32-2)22(26)16-21/h4-14,16-17,23,28H,15H2,1-3H3,(H,27,29)/t17-,23-/m1/s1. The van der Waals surface area contributed by atoms with Crippen molar-refractivity contribution in [2.75, 3.05) is 13.4 Å². The summed E-state index contributed by atoms with van der Waals surface area (Å²) < 4.78 is 33.9. The third-order valence-electron chi connectivity index (χ3n) is 5.30. The van der Waals surface area contributed by atoms with Gasteiger partial charge in [-0.1, -0.05) is 54.1 Å². The Balaban J connectivity index is 1.83. The zero-order valence-electron chi connectivity index (χ0n) is 19.1. The third-order valence-corrected chi connectivity index (χ3v) is 7.81. The molecule has 0 radical (unpaired) electrons. The van der Waals surface area contributed by atoms with Gasteiger partial charge in [0.25, 0.3) is 0 Å². The molecular weight excluding hydrogens is 492 g/mol. The smallest absolute Gasteiger partial charge is 0.241 e. The Morgan fingerprint density at radius 3 is 2.32 bits per heavy atom. The predicted molar refractivity (Wildman–Crippen MR) is 137 cm³/mol. The summed E-state index contributed by atoms with van der Waals surface area (Å²) >= 11 is 7.76. The Bertz CT molecular complexity index is 1220. The summed E-state index contributed by atoms with van der Waals surface area (Å²) in [5.41, 5.74) is 1.75. The molecule has 6 nitrogen and oxygen atoms in total. The first-order valence-electron chi connectivity index (χ1n) is 10.6. The van der Waals surface area contributed by atoms with E-state index in [-0.39, 0.29) is 22.4 Å². The molecule has 9 heteroatoms. The Hall–Kier alpha value is -2.52. The first kappa shape index (κ1) is 26.1. The van der Waals surface area contributed by atoms with Crippen LogP contribution < -0.4 is 14.8 Å². The number of sulfonamides is 1. The highest BCUT2D eigenvalue weighted by Crippen LogP contribution is 2.27. The molecule has 0 spiro atoms. The molecule has 0 saturated heterocycles. The second kappa shape index (κ2) is 11.8. The predicted octanol–water partition coefficient (Wildman–Crippen LogP) is 4.84. The summed E-state index contributed by atoms with van der Waals surface area (Å²) in [5.74, 6) is -0.0611. The Labute approximate surface area is 210 Å². The molecule has 0 aliphatic heterocycles. The van der Waals surface area contributed by atoms with Gasteiger partial charge in [0, 0.05) is 4.90 Å². The topological polar surface area (TPSA) is 84.5 Å². The van der Waals surface area contributed by atoms with Crippen LogP contribution in [0.1, 0.15) is 24.1 Å². The summed E-state index contributed by atoms with van der Waals surface area (Å²) in [6.45, 7) is 1.86. The number of methoxy groups -OCH3 is 1. The number of thioether (sulfide) groups is 1. The van der Waals surface area contributed by atoms with Crippen LogP contribution in [0, 0.1) is 0 Å². The van der Waals surface area contributed by atoms with Crippen molar-refractivity contribution in [2.24, 2.45) is 0 Å². The van der Waals surface area contributed by atoms with Crippen LogP contribution in [0.15, 0.2) is 82.6 Å². The van der Waals surface area contributed by atoms with Gasteiger partial charge in [-0.15, -0.1) is 11.8 Å². The van der Waals surface area contributed by atoms with E-state index in [4.69, 9.17) is 16.3 Å². The molecule has 0 unspecified atom stereocenters. The lowest BCUT2D eigenvalue weighted by molar-refractivity contribution is -0.123. The first-order chi connectivity index (χ1) is 16.2. The largest absolute Gasteiger partial charge is 0.495 e. The van der Waals surface area contributed by atoms with Crippen LogP contribution in [0.3, 0.4) is 0 Å². The van der Waals surface area contributed by atoms with E-state index in [1.807, 2.05) is 67.8 Å².